The predicted molar refractivity (Wildman–Crippen MR) is 61.9 cm³/mol. The molecule has 0 aliphatic heterocycles. The summed E-state index contributed by atoms with van der Waals surface area (Å²) in [5.74, 6) is 0.639. The third-order valence-electron chi connectivity index (χ3n) is 2.84. The Balaban J connectivity index is 2.09. The summed E-state index contributed by atoms with van der Waals surface area (Å²) in [5, 5.41) is 14.4. The zero-order valence-corrected chi connectivity index (χ0v) is 9.01. The fourth-order valence-electron chi connectivity index (χ4n) is 1.70. The number of nitrogens with two attached hydrogens (primary N) is 1. The highest BCUT2D eigenvalue weighted by Crippen LogP contribution is 2.37. The van der Waals surface area contributed by atoms with Crippen molar-refractivity contribution >= 4 is 17.5 Å². The minimum atomic E-state index is -0.662. The average molecular weight is 239 g/mol. The summed E-state index contributed by atoms with van der Waals surface area (Å²) in [5.41, 5.74) is 4.40. The van der Waals surface area contributed by atoms with E-state index in [1.165, 1.54) is 0 Å². The lowest BCUT2D eigenvalue weighted by atomic mass is 10.3. The number of aliphatic hydroxyl groups excluding tert-OH is 1. The van der Waals surface area contributed by atoms with Gasteiger partial charge in [-0.1, -0.05) is 0 Å². The number of H-pyrrole nitrogens is 1. The van der Waals surface area contributed by atoms with Crippen LogP contribution in [0.3, 0.4) is 0 Å². The van der Waals surface area contributed by atoms with E-state index in [1.54, 1.807) is 0 Å². The van der Waals surface area contributed by atoms with Gasteiger partial charge >= 0.3 is 0 Å². The highest BCUT2D eigenvalue weighted by atomic mass is 16.3. The molecule has 1 saturated carbocycles. The smallest absolute Gasteiger partial charge is 0.284 e. The summed E-state index contributed by atoms with van der Waals surface area (Å²) < 4.78 is 0. The molecule has 0 amide bonds. The molecule has 1 fully saturated rings. The number of nitrogens with zero attached hydrogens (tertiary/aromatic N) is 2. The molecule has 1 aromatic heterocycles. The minimum Gasteiger partial charge on any atom is -0.396 e. The van der Waals surface area contributed by atoms with Gasteiger partial charge in [-0.05, 0) is 23.4 Å². The molecule has 0 spiro atoms. The number of hydrogen-bond donors (Lipinski definition) is 4. The Labute approximate surface area is 96.2 Å². The van der Waals surface area contributed by atoms with Crippen molar-refractivity contribution < 1.29 is 5.11 Å². The number of rotatable bonds is 5. The number of nitroso groups, excluding NO2 is 1. The van der Waals surface area contributed by atoms with Crippen LogP contribution in [0.1, 0.15) is 6.42 Å². The first kappa shape index (κ1) is 11.5. The van der Waals surface area contributed by atoms with Crippen molar-refractivity contribution in [3.63, 3.8) is 0 Å². The molecule has 1 aliphatic rings. The van der Waals surface area contributed by atoms with E-state index in [9.17, 15) is 9.70 Å². The van der Waals surface area contributed by atoms with Gasteiger partial charge in [0.1, 0.15) is 0 Å². The summed E-state index contributed by atoms with van der Waals surface area (Å²) in [6, 6.07) is 0. The van der Waals surface area contributed by atoms with Gasteiger partial charge in [-0.25, -0.2) is 0 Å². The van der Waals surface area contributed by atoms with E-state index in [-0.39, 0.29) is 30.0 Å². The molecule has 0 aromatic carbocycles. The highest BCUT2D eigenvalue weighted by Gasteiger charge is 2.36. The Morgan fingerprint density at radius 1 is 1.59 bits per heavy atom. The van der Waals surface area contributed by atoms with Crippen LogP contribution < -0.4 is 16.6 Å². The molecule has 8 nitrogen and oxygen atoms in total. The van der Waals surface area contributed by atoms with Gasteiger partial charge in [0.05, 0.1) is 0 Å². The number of aromatic nitrogens is 2. The van der Waals surface area contributed by atoms with Crippen LogP contribution >= 0.6 is 0 Å². The summed E-state index contributed by atoms with van der Waals surface area (Å²) in [6.07, 6.45) is 0.923. The van der Waals surface area contributed by atoms with Crippen LogP contribution in [0.4, 0.5) is 17.5 Å². The van der Waals surface area contributed by atoms with E-state index in [0.717, 1.165) is 6.42 Å². The lowest BCUT2D eigenvalue weighted by Gasteiger charge is -2.06. The molecule has 2 atom stereocenters. The van der Waals surface area contributed by atoms with Gasteiger partial charge < -0.3 is 16.2 Å². The minimum absolute atomic E-state index is 0.0700. The zero-order valence-electron chi connectivity index (χ0n) is 9.01. The third kappa shape index (κ3) is 2.41. The first-order valence-electron chi connectivity index (χ1n) is 5.23. The predicted octanol–water partition coefficient (Wildman–Crippen LogP) is -0.210. The van der Waals surface area contributed by atoms with Crippen LogP contribution in [0.15, 0.2) is 9.97 Å². The van der Waals surface area contributed by atoms with Gasteiger partial charge in [0.15, 0.2) is 5.82 Å². The lowest BCUT2D eigenvalue weighted by molar-refractivity contribution is 0.270. The van der Waals surface area contributed by atoms with Gasteiger partial charge in [-0.15, -0.1) is 4.91 Å². The van der Waals surface area contributed by atoms with Crippen molar-refractivity contribution in [3.8, 4) is 0 Å². The fourth-order valence-corrected chi connectivity index (χ4v) is 1.70. The van der Waals surface area contributed by atoms with Crippen molar-refractivity contribution in [2.45, 2.75) is 6.42 Å². The highest BCUT2D eigenvalue weighted by molar-refractivity contribution is 5.60. The molecular weight excluding hydrogens is 226 g/mol. The zero-order chi connectivity index (χ0) is 12.4. The van der Waals surface area contributed by atoms with E-state index in [1.807, 2.05) is 0 Å². The third-order valence-corrected chi connectivity index (χ3v) is 2.84. The van der Waals surface area contributed by atoms with Gasteiger partial charge in [0.2, 0.25) is 11.6 Å². The van der Waals surface area contributed by atoms with E-state index >= 15 is 0 Å². The monoisotopic (exact) mass is 239 g/mol. The molecule has 0 unspecified atom stereocenters. The van der Waals surface area contributed by atoms with Crippen LogP contribution in [0.5, 0.6) is 0 Å². The molecule has 8 heteroatoms. The number of aliphatic hydroxyl groups is 1. The van der Waals surface area contributed by atoms with Crippen LogP contribution in [0.2, 0.25) is 0 Å². The molecule has 2 rings (SSSR count). The van der Waals surface area contributed by atoms with E-state index in [4.69, 9.17) is 10.8 Å². The van der Waals surface area contributed by atoms with Crippen molar-refractivity contribution in [2.75, 3.05) is 24.2 Å². The Bertz CT molecular complexity index is 486. The Morgan fingerprint density at radius 3 is 2.94 bits per heavy atom. The molecule has 0 radical (unpaired) electrons. The van der Waals surface area contributed by atoms with Crippen LogP contribution in [0.25, 0.3) is 0 Å². The standard InChI is InChI=1S/C9H13N5O3/c10-9-12-7(6(14-17)8(16)13-9)11-2-4-1-5(4)3-15/h4-5,15H,1-3H2,(H4,10,11,12,13,16)/t4-,5-/m1/s1. The molecule has 1 aromatic rings. The Morgan fingerprint density at radius 2 is 2.35 bits per heavy atom. The van der Waals surface area contributed by atoms with Crippen LogP contribution in [-0.2, 0) is 0 Å². The summed E-state index contributed by atoms with van der Waals surface area (Å²) in [7, 11) is 0. The molecule has 1 aliphatic carbocycles. The van der Waals surface area contributed by atoms with Gasteiger partial charge in [-0.3, -0.25) is 9.78 Å². The maximum atomic E-state index is 11.3. The maximum absolute atomic E-state index is 11.3. The molecule has 5 N–H and O–H groups in total. The number of nitrogen functional groups attached to an aromatic ring is 1. The van der Waals surface area contributed by atoms with E-state index < -0.39 is 5.56 Å². The van der Waals surface area contributed by atoms with Crippen LogP contribution in [0, 0.1) is 16.7 Å². The number of anilines is 2. The second-order valence-corrected chi connectivity index (χ2v) is 4.06. The number of aromatic amines is 1. The summed E-state index contributed by atoms with van der Waals surface area (Å²) >= 11 is 0. The SMILES string of the molecule is Nc1nc(NC[C@H]2C[C@@H]2CO)c(N=O)c(=O)[nH]1. The normalized spacial score (nSPS) is 22.2. The van der Waals surface area contributed by atoms with Gasteiger partial charge in [0, 0.05) is 13.2 Å². The van der Waals surface area contributed by atoms with Gasteiger partial charge in [0.25, 0.3) is 5.56 Å². The molecular formula is C9H13N5O3. The van der Waals surface area contributed by atoms with Crippen molar-refractivity contribution in [1.82, 2.24) is 9.97 Å². The first-order chi connectivity index (χ1) is 8.15. The molecule has 0 saturated heterocycles. The second kappa shape index (κ2) is 4.50. The lowest BCUT2D eigenvalue weighted by Crippen LogP contribution is -2.16. The summed E-state index contributed by atoms with van der Waals surface area (Å²) in [6.45, 7) is 0.680. The van der Waals surface area contributed by atoms with Crippen LogP contribution in [-0.4, -0.2) is 28.2 Å². The Kier molecular flexibility index (Phi) is 3.05. The quantitative estimate of drug-likeness (QED) is 0.525. The topological polar surface area (TPSA) is 133 Å². The number of hydrogen-bond acceptors (Lipinski definition) is 7. The second-order valence-electron chi connectivity index (χ2n) is 4.06. The molecule has 1 heterocycles. The average Bonchev–Trinajstić information content (AvgIpc) is 3.04. The number of nitrogens with one attached hydrogen (secondary N) is 2. The largest absolute Gasteiger partial charge is 0.396 e. The molecule has 17 heavy (non-hydrogen) atoms. The van der Waals surface area contributed by atoms with Gasteiger partial charge in [-0.2, -0.15) is 4.98 Å². The van der Waals surface area contributed by atoms with E-state index in [0.29, 0.717) is 12.5 Å². The maximum Gasteiger partial charge on any atom is 0.284 e. The van der Waals surface area contributed by atoms with E-state index in [2.05, 4.69) is 20.5 Å². The van der Waals surface area contributed by atoms with Crippen molar-refractivity contribution in [1.29, 1.82) is 0 Å². The summed E-state index contributed by atoms with van der Waals surface area (Å²) in [4.78, 5) is 27.8. The molecule has 0 bridgehead atoms. The Hall–Kier alpha value is -1.96. The molecule has 92 valence electrons. The van der Waals surface area contributed by atoms with Crippen molar-refractivity contribution in [3.05, 3.63) is 15.3 Å². The first-order valence-corrected chi connectivity index (χ1v) is 5.23. The van der Waals surface area contributed by atoms with Crippen molar-refractivity contribution in [2.24, 2.45) is 17.0 Å². The fraction of sp³-hybridized carbons (Fsp3) is 0.556.